The standard InChI is InChI=1S/C23H19ClF3N9O2/c1-11-29-18-5-13(24)17(7-19(18)34(11)3)30-21-31-22(37)36(9-20-28-10-33(2)32-20)23(38)35(21)8-12-4-15(26)16(27)6-14(12)25/h4-7,10H,8-9H2,1-3H3,(H,30,31,37). The predicted octanol–water partition coefficient (Wildman–Crippen LogP) is 2.64. The lowest BCUT2D eigenvalue weighted by Gasteiger charge is -2.16. The zero-order chi connectivity index (χ0) is 27.3. The van der Waals surface area contributed by atoms with Crippen molar-refractivity contribution in [3.05, 3.63) is 91.2 Å². The predicted molar refractivity (Wildman–Crippen MR) is 132 cm³/mol. The van der Waals surface area contributed by atoms with Crippen LogP contribution in [-0.4, -0.2) is 38.4 Å². The molecule has 0 amide bonds. The first-order valence-corrected chi connectivity index (χ1v) is 11.5. The van der Waals surface area contributed by atoms with Crippen LogP contribution in [0.15, 0.2) is 40.2 Å². The highest BCUT2D eigenvalue weighted by Gasteiger charge is 2.20. The number of benzene rings is 2. The zero-order valence-corrected chi connectivity index (χ0v) is 21.0. The minimum atomic E-state index is -1.38. The number of aromatic nitrogens is 8. The Hall–Kier alpha value is -4.46. The van der Waals surface area contributed by atoms with Crippen molar-refractivity contribution >= 4 is 34.3 Å². The summed E-state index contributed by atoms with van der Waals surface area (Å²) in [6.07, 6.45) is 1.39. The van der Waals surface area contributed by atoms with Crippen molar-refractivity contribution in [2.24, 2.45) is 14.1 Å². The first kappa shape index (κ1) is 25.2. The van der Waals surface area contributed by atoms with Crippen LogP contribution in [-0.2, 0) is 27.2 Å². The second-order valence-electron chi connectivity index (χ2n) is 8.53. The van der Waals surface area contributed by atoms with Gasteiger partial charge in [-0.2, -0.15) is 10.1 Å². The number of anilines is 2. The number of nitrogens with zero attached hydrogens (tertiary/aromatic N) is 8. The van der Waals surface area contributed by atoms with Crippen LogP contribution in [0.4, 0.5) is 24.8 Å². The number of aryl methyl sites for hydroxylation is 3. The largest absolute Gasteiger partial charge is 0.355 e. The summed E-state index contributed by atoms with van der Waals surface area (Å²) in [5, 5.41) is 7.11. The van der Waals surface area contributed by atoms with Gasteiger partial charge in [-0.3, -0.25) is 9.25 Å². The summed E-state index contributed by atoms with van der Waals surface area (Å²) in [7, 11) is 3.41. The van der Waals surface area contributed by atoms with Gasteiger partial charge in [0, 0.05) is 25.7 Å². The molecule has 1 N–H and O–H groups in total. The van der Waals surface area contributed by atoms with E-state index in [1.54, 1.807) is 26.2 Å². The van der Waals surface area contributed by atoms with Crippen LogP contribution in [0.25, 0.3) is 11.0 Å². The summed E-state index contributed by atoms with van der Waals surface area (Å²) >= 11 is 6.43. The van der Waals surface area contributed by atoms with E-state index in [0.717, 1.165) is 15.0 Å². The molecule has 0 bridgehead atoms. The number of hydrogen-bond donors (Lipinski definition) is 1. The Kier molecular flexibility index (Phi) is 6.26. The number of nitrogens with one attached hydrogen (secondary N) is 1. The van der Waals surface area contributed by atoms with Gasteiger partial charge in [0.1, 0.15) is 18.0 Å². The lowest BCUT2D eigenvalue weighted by Crippen LogP contribution is -2.43. The topological polar surface area (TPSA) is 117 Å². The normalized spacial score (nSPS) is 11.4. The van der Waals surface area contributed by atoms with Gasteiger partial charge >= 0.3 is 11.4 Å². The van der Waals surface area contributed by atoms with Crippen LogP contribution >= 0.6 is 11.6 Å². The maximum absolute atomic E-state index is 14.5. The molecule has 3 aromatic heterocycles. The van der Waals surface area contributed by atoms with E-state index in [9.17, 15) is 22.8 Å². The van der Waals surface area contributed by atoms with Crippen LogP contribution in [0.1, 0.15) is 17.2 Å². The lowest BCUT2D eigenvalue weighted by molar-refractivity contribution is 0.485. The molecule has 0 fully saturated rings. The second kappa shape index (κ2) is 9.45. The summed E-state index contributed by atoms with van der Waals surface area (Å²) in [5.41, 5.74) is -0.617. The third-order valence-electron chi connectivity index (χ3n) is 5.95. The van der Waals surface area contributed by atoms with Crippen LogP contribution in [0.5, 0.6) is 0 Å². The molecule has 0 spiro atoms. The molecule has 0 unspecified atom stereocenters. The Morgan fingerprint density at radius 1 is 0.947 bits per heavy atom. The van der Waals surface area contributed by atoms with E-state index in [0.29, 0.717) is 23.2 Å². The molecular formula is C23H19ClF3N9O2. The van der Waals surface area contributed by atoms with Gasteiger partial charge in [-0.25, -0.2) is 37.3 Å². The van der Waals surface area contributed by atoms with Gasteiger partial charge in [0.15, 0.2) is 17.5 Å². The van der Waals surface area contributed by atoms with Gasteiger partial charge in [0.2, 0.25) is 5.95 Å². The first-order valence-electron chi connectivity index (χ1n) is 11.1. The monoisotopic (exact) mass is 545 g/mol. The van der Waals surface area contributed by atoms with Gasteiger partial charge in [0.25, 0.3) is 0 Å². The number of rotatable bonds is 6. The first-order chi connectivity index (χ1) is 18.0. The minimum absolute atomic E-state index is 0.153. The fraction of sp³-hybridized carbons (Fsp3) is 0.217. The SMILES string of the molecule is Cc1nc2cc(Cl)c(Nc3nc(=O)n(Cc4ncn(C)n4)c(=O)n3Cc3cc(F)c(F)cc3F)cc2n1C. The van der Waals surface area contributed by atoms with Crippen molar-refractivity contribution < 1.29 is 13.2 Å². The number of halogens is 4. The summed E-state index contributed by atoms with van der Waals surface area (Å²) in [4.78, 5) is 38.8. The minimum Gasteiger partial charge on any atom is -0.331 e. The number of imidazole rings is 1. The Morgan fingerprint density at radius 3 is 2.39 bits per heavy atom. The fourth-order valence-corrected chi connectivity index (χ4v) is 4.11. The Bertz CT molecular complexity index is 1840. The quantitative estimate of drug-likeness (QED) is 0.326. The van der Waals surface area contributed by atoms with Crippen LogP contribution < -0.4 is 16.7 Å². The van der Waals surface area contributed by atoms with Crippen molar-refractivity contribution in [3.8, 4) is 0 Å². The molecule has 38 heavy (non-hydrogen) atoms. The molecule has 0 atom stereocenters. The summed E-state index contributed by atoms with van der Waals surface area (Å²) in [5.74, 6) is -3.19. The molecular weight excluding hydrogens is 527 g/mol. The Morgan fingerprint density at radius 2 is 1.68 bits per heavy atom. The van der Waals surface area contributed by atoms with Crippen LogP contribution in [0.3, 0.4) is 0 Å². The molecule has 196 valence electrons. The summed E-state index contributed by atoms with van der Waals surface area (Å²) in [6.45, 7) is 0.900. The van der Waals surface area contributed by atoms with Gasteiger partial charge < -0.3 is 9.88 Å². The smallest absolute Gasteiger partial charge is 0.331 e. The van der Waals surface area contributed by atoms with E-state index in [2.05, 4.69) is 25.4 Å². The van der Waals surface area contributed by atoms with E-state index >= 15 is 0 Å². The maximum Gasteiger partial charge on any atom is 0.355 e. The van der Waals surface area contributed by atoms with Crippen LogP contribution in [0.2, 0.25) is 5.02 Å². The third-order valence-corrected chi connectivity index (χ3v) is 6.27. The third kappa shape index (κ3) is 4.53. The van der Waals surface area contributed by atoms with Crippen molar-refractivity contribution in [3.63, 3.8) is 0 Å². The van der Waals surface area contributed by atoms with Crippen LogP contribution in [0, 0.1) is 24.4 Å². The Labute approximate surface area is 216 Å². The van der Waals surface area contributed by atoms with E-state index in [1.807, 2.05) is 11.5 Å². The van der Waals surface area contributed by atoms with Crippen molar-refractivity contribution in [2.45, 2.75) is 20.0 Å². The van der Waals surface area contributed by atoms with E-state index in [1.165, 1.54) is 11.0 Å². The molecule has 5 rings (SSSR count). The average molecular weight is 546 g/mol. The van der Waals surface area contributed by atoms with E-state index in [4.69, 9.17) is 11.6 Å². The molecule has 0 saturated carbocycles. The van der Waals surface area contributed by atoms with Crippen molar-refractivity contribution in [2.75, 3.05) is 5.32 Å². The van der Waals surface area contributed by atoms with Gasteiger partial charge in [-0.15, -0.1) is 0 Å². The molecule has 0 aliphatic heterocycles. The molecule has 11 nitrogen and oxygen atoms in total. The molecule has 0 aliphatic rings. The van der Waals surface area contributed by atoms with E-state index in [-0.39, 0.29) is 34.6 Å². The highest BCUT2D eigenvalue weighted by Crippen LogP contribution is 2.30. The molecule has 2 aromatic carbocycles. The van der Waals surface area contributed by atoms with Gasteiger partial charge in [-0.05, 0) is 25.1 Å². The summed E-state index contributed by atoms with van der Waals surface area (Å²) in [6, 6.07) is 4.25. The number of hydrogen-bond acceptors (Lipinski definition) is 7. The van der Waals surface area contributed by atoms with Crippen molar-refractivity contribution in [1.29, 1.82) is 0 Å². The Balaban J connectivity index is 1.66. The number of fused-ring (bicyclic) bond motifs is 1. The summed E-state index contributed by atoms with van der Waals surface area (Å²) < 4.78 is 46.8. The molecule has 3 heterocycles. The second-order valence-corrected chi connectivity index (χ2v) is 8.94. The molecule has 5 aromatic rings. The zero-order valence-electron chi connectivity index (χ0n) is 20.2. The molecule has 15 heteroatoms. The maximum atomic E-state index is 14.5. The molecule has 0 saturated heterocycles. The van der Waals surface area contributed by atoms with Crippen molar-refractivity contribution in [1.82, 2.24) is 38.4 Å². The molecule has 0 aliphatic carbocycles. The highest BCUT2D eigenvalue weighted by molar-refractivity contribution is 6.34. The van der Waals surface area contributed by atoms with Gasteiger partial charge in [-0.1, -0.05) is 11.6 Å². The fourth-order valence-electron chi connectivity index (χ4n) is 3.91. The molecule has 0 radical (unpaired) electrons. The highest BCUT2D eigenvalue weighted by atomic mass is 35.5. The average Bonchev–Trinajstić information content (AvgIpc) is 3.39. The van der Waals surface area contributed by atoms with Gasteiger partial charge in [0.05, 0.1) is 34.8 Å². The van der Waals surface area contributed by atoms with E-state index < -0.39 is 35.4 Å². The lowest BCUT2D eigenvalue weighted by atomic mass is 10.2.